The van der Waals surface area contributed by atoms with Crippen molar-refractivity contribution in [2.45, 2.75) is 68.8 Å². The molecule has 0 radical (unpaired) electrons. The lowest BCUT2D eigenvalue weighted by atomic mass is 9.74. The summed E-state index contributed by atoms with van der Waals surface area (Å²) < 4.78 is 45.2. The van der Waals surface area contributed by atoms with Gasteiger partial charge in [0.15, 0.2) is 0 Å². The number of hydrogen-bond acceptors (Lipinski definition) is 5. The highest BCUT2D eigenvalue weighted by molar-refractivity contribution is 6.30. The molecule has 0 saturated heterocycles. The van der Waals surface area contributed by atoms with Crippen molar-refractivity contribution in [3.8, 4) is 0 Å². The first-order valence-electron chi connectivity index (χ1n) is 12.0. The number of halogens is 4. The molecule has 0 unspecified atom stereocenters. The predicted molar refractivity (Wildman–Crippen MR) is 124 cm³/mol. The van der Waals surface area contributed by atoms with Gasteiger partial charge in [-0.1, -0.05) is 11.6 Å². The summed E-state index contributed by atoms with van der Waals surface area (Å²) in [5.74, 6) is -3.62. The molecule has 2 aromatic rings. The van der Waals surface area contributed by atoms with Crippen LogP contribution in [0, 0.1) is 23.0 Å². The van der Waals surface area contributed by atoms with Gasteiger partial charge in [0.2, 0.25) is 5.91 Å². The number of nitrogens with zero attached hydrogens (tertiary/aromatic N) is 2. The number of aliphatic hydroxyl groups is 1. The Kier molecular flexibility index (Phi) is 6.45. The molecular formula is C25H26ClF3N4O3. The fraction of sp³-hybridized carbons (Fsp3) is 0.520. The van der Waals surface area contributed by atoms with Crippen LogP contribution in [0.5, 0.6) is 0 Å². The standard InChI is InChI=1S/C25H26ClF3N4O3/c26-14-1-2-15(27)19(20(14)28)21(24-3-5-25(29,12-24)6-4-24)33-22(35)13-9-16(18(34)10-13)32-23(36)17-11-30-7-8-31-17/h1-2,7-8,11,13,16,18,21,34H,3-6,9-10,12H2,(H,32,36)(H,33,35)/t13-,16+,18-,21-,24?,25?/m1/s1. The van der Waals surface area contributed by atoms with Crippen molar-refractivity contribution in [2.75, 3.05) is 0 Å². The number of fused-ring (bicyclic) bond motifs is 2. The quantitative estimate of drug-likeness (QED) is 0.501. The molecule has 36 heavy (non-hydrogen) atoms. The van der Waals surface area contributed by atoms with Crippen LogP contribution in [0.3, 0.4) is 0 Å². The summed E-state index contributed by atoms with van der Waals surface area (Å²) in [6.07, 6.45) is 4.61. The number of rotatable bonds is 6. The van der Waals surface area contributed by atoms with Crippen molar-refractivity contribution in [1.82, 2.24) is 20.6 Å². The van der Waals surface area contributed by atoms with Crippen LogP contribution in [0.4, 0.5) is 13.2 Å². The molecule has 3 fully saturated rings. The molecule has 3 N–H and O–H groups in total. The van der Waals surface area contributed by atoms with E-state index < -0.39 is 58.6 Å². The number of amides is 2. The highest BCUT2D eigenvalue weighted by Crippen LogP contribution is 2.63. The maximum absolute atomic E-state index is 15.1. The lowest BCUT2D eigenvalue weighted by Gasteiger charge is -2.37. The Bertz CT molecular complexity index is 1180. The number of alkyl halides is 1. The highest BCUT2D eigenvalue weighted by atomic mass is 35.5. The second kappa shape index (κ2) is 9.30. The minimum absolute atomic E-state index is 0.0462. The summed E-state index contributed by atoms with van der Waals surface area (Å²) in [5.41, 5.74) is -2.55. The summed E-state index contributed by atoms with van der Waals surface area (Å²) in [4.78, 5) is 33.5. The average Bonchev–Trinajstić information content (AvgIpc) is 3.52. The Hall–Kier alpha value is -2.72. The van der Waals surface area contributed by atoms with Crippen LogP contribution >= 0.6 is 11.6 Å². The van der Waals surface area contributed by atoms with Crippen molar-refractivity contribution in [1.29, 1.82) is 0 Å². The molecule has 2 amide bonds. The van der Waals surface area contributed by atoms with Crippen molar-refractivity contribution in [3.63, 3.8) is 0 Å². The molecule has 2 bridgehead atoms. The van der Waals surface area contributed by atoms with Gasteiger partial charge < -0.3 is 15.7 Å². The zero-order valence-corrected chi connectivity index (χ0v) is 20.1. The highest BCUT2D eigenvalue weighted by Gasteiger charge is 2.59. The number of hydrogen-bond donors (Lipinski definition) is 3. The SMILES string of the molecule is O=C(N[C@H]1C[C@@H](C(=O)N[C@H](c2c(F)ccc(Cl)c2F)C23CCC(F)(CC2)C3)C[C@H]1O)c1cnccn1. The Balaban J connectivity index is 1.36. The molecule has 1 aromatic heterocycles. The summed E-state index contributed by atoms with van der Waals surface area (Å²) in [5, 5.41) is 15.7. The van der Waals surface area contributed by atoms with E-state index in [9.17, 15) is 19.1 Å². The van der Waals surface area contributed by atoms with Gasteiger partial charge in [0.05, 0.1) is 29.4 Å². The van der Waals surface area contributed by atoms with E-state index in [1.807, 2.05) is 0 Å². The minimum Gasteiger partial charge on any atom is -0.391 e. The number of nitrogens with one attached hydrogen (secondary N) is 2. The minimum atomic E-state index is -1.41. The molecule has 5 rings (SSSR count). The first-order valence-corrected chi connectivity index (χ1v) is 12.4. The molecule has 3 aliphatic carbocycles. The molecule has 1 heterocycles. The maximum Gasteiger partial charge on any atom is 0.271 e. The molecule has 4 atom stereocenters. The molecule has 11 heteroatoms. The Morgan fingerprint density at radius 2 is 1.89 bits per heavy atom. The largest absolute Gasteiger partial charge is 0.391 e. The molecule has 0 spiro atoms. The van der Waals surface area contributed by atoms with E-state index in [-0.39, 0.29) is 48.4 Å². The molecule has 3 aliphatic rings. The average molecular weight is 523 g/mol. The van der Waals surface area contributed by atoms with Gasteiger partial charge in [-0.3, -0.25) is 14.6 Å². The number of aromatic nitrogens is 2. The van der Waals surface area contributed by atoms with Gasteiger partial charge in [-0.2, -0.15) is 0 Å². The van der Waals surface area contributed by atoms with Gasteiger partial charge in [-0.15, -0.1) is 0 Å². The zero-order valence-electron chi connectivity index (χ0n) is 19.3. The summed E-state index contributed by atoms with van der Waals surface area (Å²) in [7, 11) is 0. The van der Waals surface area contributed by atoms with Crippen LogP contribution in [0.25, 0.3) is 0 Å². The third kappa shape index (κ3) is 4.45. The van der Waals surface area contributed by atoms with Gasteiger partial charge in [-0.05, 0) is 62.5 Å². The van der Waals surface area contributed by atoms with Gasteiger partial charge in [0.25, 0.3) is 5.91 Å². The van der Waals surface area contributed by atoms with Crippen molar-refractivity contribution < 1.29 is 27.9 Å². The zero-order chi connectivity index (χ0) is 25.7. The van der Waals surface area contributed by atoms with Gasteiger partial charge in [0.1, 0.15) is 23.0 Å². The van der Waals surface area contributed by atoms with Crippen molar-refractivity contribution >= 4 is 23.4 Å². The molecule has 1 aromatic carbocycles. The normalized spacial score (nSPS) is 31.9. The van der Waals surface area contributed by atoms with Crippen LogP contribution in [0.1, 0.15) is 67.0 Å². The van der Waals surface area contributed by atoms with Gasteiger partial charge in [-0.25, -0.2) is 18.2 Å². The lowest BCUT2D eigenvalue weighted by Crippen LogP contribution is -2.43. The Morgan fingerprint density at radius 3 is 2.53 bits per heavy atom. The van der Waals surface area contributed by atoms with E-state index in [0.717, 1.165) is 12.1 Å². The summed E-state index contributed by atoms with van der Waals surface area (Å²) in [6.45, 7) is 0. The fourth-order valence-corrected chi connectivity index (χ4v) is 6.38. The van der Waals surface area contributed by atoms with Gasteiger partial charge >= 0.3 is 0 Å². The van der Waals surface area contributed by atoms with E-state index in [4.69, 9.17) is 11.6 Å². The van der Waals surface area contributed by atoms with Crippen LogP contribution in [0.2, 0.25) is 5.02 Å². The third-order valence-corrected chi connectivity index (χ3v) is 8.38. The second-order valence-corrected chi connectivity index (χ2v) is 10.7. The number of aliphatic hydroxyl groups excluding tert-OH is 1. The molecule has 192 valence electrons. The molecular weight excluding hydrogens is 497 g/mol. The summed E-state index contributed by atoms with van der Waals surface area (Å²) in [6, 6.07) is 0.310. The lowest BCUT2D eigenvalue weighted by molar-refractivity contribution is -0.127. The molecule has 7 nitrogen and oxygen atoms in total. The second-order valence-electron chi connectivity index (χ2n) is 10.3. The van der Waals surface area contributed by atoms with E-state index in [1.165, 1.54) is 18.6 Å². The fourth-order valence-electron chi connectivity index (χ4n) is 6.21. The van der Waals surface area contributed by atoms with Crippen LogP contribution in [0.15, 0.2) is 30.7 Å². The maximum atomic E-state index is 15.1. The van der Waals surface area contributed by atoms with Crippen molar-refractivity contribution in [2.24, 2.45) is 11.3 Å². The number of carbonyl (C=O) groups is 2. The Labute approximate surface area is 210 Å². The van der Waals surface area contributed by atoms with E-state index in [1.54, 1.807) is 0 Å². The topological polar surface area (TPSA) is 104 Å². The van der Waals surface area contributed by atoms with Crippen LogP contribution in [-0.4, -0.2) is 44.7 Å². The Morgan fingerprint density at radius 1 is 1.14 bits per heavy atom. The van der Waals surface area contributed by atoms with Crippen LogP contribution in [-0.2, 0) is 4.79 Å². The van der Waals surface area contributed by atoms with Crippen molar-refractivity contribution in [3.05, 3.63) is 58.6 Å². The predicted octanol–water partition coefficient (Wildman–Crippen LogP) is 3.81. The van der Waals surface area contributed by atoms with E-state index >= 15 is 8.78 Å². The van der Waals surface area contributed by atoms with E-state index in [0.29, 0.717) is 12.8 Å². The van der Waals surface area contributed by atoms with Gasteiger partial charge in [0, 0.05) is 23.9 Å². The first kappa shape index (κ1) is 25.0. The number of benzene rings is 1. The third-order valence-electron chi connectivity index (χ3n) is 8.09. The van der Waals surface area contributed by atoms with Crippen LogP contribution < -0.4 is 10.6 Å². The molecule has 0 aliphatic heterocycles. The van der Waals surface area contributed by atoms with E-state index in [2.05, 4.69) is 20.6 Å². The summed E-state index contributed by atoms with van der Waals surface area (Å²) >= 11 is 5.95. The monoisotopic (exact) mass is 522 g/mol. The molecule has 3 saturated carbocycles. The smallest absolute Gasteiger partial charge is 0.271 e. The first-order chi connectivity index (χ1) is 17.1. The number of carbonyl (C=O) groups excluding carboxylic acids is 2.